The number of pyridine rings is 1. The van der Waals surface area contributed by atoms with E-state index in [0.717, 1.165) is 12.3 Å². The summed E-state index contributed by atoms with van der Waals surface area (Å²) in [6, 6.07) is 1.04. The quantitative estimate of drug-likeness (QED) is 0.757. The molecular formula is C13H16F3NO. The third-order valence-corrected chi connectivity index (χ3v) is 2.26. The highest BCUT2D eigenvalue weighted by Crippen LogP contribution is 2.37. The molecule has 100 valence electrons. The van der Waals surface area contributed by atoms with Crippen molar-refractivity contribution in [1.29, 1.82) is 0 Å². The topological polar surface area (TPSA) is 22.1 Å². The molecule has 1 aromatic rings. The molecule has 0 aliphatic heterocycles. The first-order valence-corrected chi connectivity index (χ1v) is 5.56. The zero-order valence-corrected chi connectivity index (χ0v) is 10.6. The predicted octanol–water partition coefficient (Wildman–Crippen LogP) is 4.18. The largest absolute Gasteiger partial charge is 0.487 e. The summed E-state index contributed by atoms with van der Waals surface area (Å²) in [7, 11) is 0. The summed E-state index contributed by atoms with van der Waals surface area (Å²) in [5.74, 6) is -0.323. The minimum absolute atomic E-state index is 0.0474. The highest BCUT2D eigenvalue weighted by atomic mass is 19.4. The molecule has 18 heavy (non-hydrogen) atoms. The van der Waals surface area contributed by atoms with Gasteiger partial charge in [0.15, 0.2) is 0 Å². The summed E-state index contributed by atoms with van der Waals surface area (Å²) in [6.45, 7) is 8.89. The van der Waals surface area contributed by atoms with Crippen LogP contribution in [0, 0.1) is 0 Å². The van der Waals surface area contributed by atoms with E-state index in [1.165, 1.54) is 0 Å². The maximum atomic E-state index is 12.9. The number of ether oxygens (including phenoxy) is 1. The predicted molar refractivity (Wildman–Crippen MR) is 63.6 cm³/mol. The van der Waals surface area contributed by atoms with Gasteiger partial charge in [0.25, 0.3) is 0 Å². The van der Waals surface area contributed by atoms with Crippen LogP contribution in [0.15, 0.2) is 24.4 Å². The molecule has 0 amide bonds. The molecule has 0 bridgehead atoms. The minimum atomic E-state index is -4.45. The molecule has 0 radical (unpaired) electrons. The molecule has 0 unspecified atom stereocenters. The van der Waals surface area contributed by atoms with Crippen molar-refractivity contribution in [2.24, 2.45) is 0 Å². The van der Waals surface area contributed by atoms with Crippen LogP contribution in [0.4, 0.5) is 13.2 Å². The van der Waals surface area contributed by atoms with Crippen LogP contribution in [0.3, 0.4) is 0 Å². The lowest BCUT2D eigenvalue weighted by Crippen LogP contribution is -2.11. The Morgan fingerprint density at radius 1 is 1.44 bits per heavy atom. The number of nitrogens with zero attached hydrogens (tertiary/aromatic N) is 1. The first-order chi connectivity index (χ1) is 8.21. The van der Waals surface area contributed by atoms with Gasteiger partial charge < -0.3 is 4.74 Å². The number of aromatic nitrogens is 1. The van der Waals surface area contributed by atoms with E-state index in [0.29, 0.717) is 11.3 Å². The average Bonchev–Trinajstić information content (AvgIpc) is 2.24. The van der Waals surface area contributed by atoms with E-state index in [-0.39, 0.29) is 18.3 Å². The van der Waals surface area contributed by atoms with Gasteiger partial charge in [0, 0.05) is 5.69 Å². The SMILES string of the molecule is C=C(C)COc1cnc(C(C)C)cc1C(F)(F)F. The fourth-order valence-electron chi connectivity index (χ4n) is 1.31. The third-order valence-electron chi connectivity index (χ3n) is 2.26. The Hall–Kier alpha value is -1.52. The lowest BCUT2D eigenvalue weighted by molar-refractivity contribution is -0.139. The summed E-state index contributed by atoms with van der Waals surface area (Å²) in [5, 5.41) is 0. The van der Waals surface area contributed by atoms with Crippen molar-refractivity contribution in [3.63, 3.8) is 0 Å². The van der Waals surface area contributed by atoms with Gasteiger partial charge in [-0.05, 0) is 24.5 Å². The maximum absolute atomic E-state index is 12.9. The molecule has 2 nitrogen and oxygen atoms in total. The highest BCUT2D eigenvalue weighted by Gasteiger charge is 2.35. The number of rotatable bonds is 4. The second kappa shape index (κ2) is 5.42. The van der Waals surface area contributed by atoms with Crippen LogP contribution in [0.25, 0.3) is 0 Å². The van der Waals surface area contributed by atoms with Gasteiger partial charge in [-0.25, -0.2) is 0 Å². The fraction of sp³-hybridized carbons (Fsp3) is 0.462. The number of hydrogen-bond donors (Lipinski definition) is 0. The van der Waals surface area contributed by atoms with E-state index in [1.54, 1.807) is 20.8 Å². The zero-order chi connectivity index (χ0) is 13.9. The molecule has 1 aromatic heterocycles. The van der Waals surface area contributed by atoms with Gasteiger partial charge in [-0.3, -0.25) is 4.98 Å². The molecule has 0 fully saturated rings. The van der Waals surface area contributed by atoms with Gasteiger partial charge in [-0.15, -0.1) is 0 Å². The van der Waals surface area contributed by atoms with E-state index >= 15 is 0 Å². The molecule has 0 N–H and O–H groups in total. The van der Waals surface area contributed by atoms with E-state index in [4.69, 9.17) is 4.74 Å². The summed E-state index contributed by atoms with van der Waals surface area (Å²) < 4.78 is 43.7. The smallest absolute Gasteiger partial charge is 0.420 e. The van der Waals surface area contributed by atoms with Gasteiger partial charge in [0.2, 0.25) is 0 Å². The van der Waals surface area contributed by atoms with E-state index in [1.807, 2.05) is 0 Å². The van der Waals surface area contributed by atoms with E-state index in [9.17, 15) is 13.2 Å². The second-order valence-corrected chi connectivity index (χ2v) is 4.50. The average molecular weight is 259 g/mol. The Morgan fingerprint density at radius 3 is 2.50 bits per heavy atom. The number of alkyl halides is 3. The van der Waals surface area contributed by atoms with Crippen LogP contribution in [-0.4, -0.2) is 11.6 Å². The summed E-state index contributed by atoms with van der Waals surface area (Å²) in [4.78, 5) is 3.98. The summed E-state index contributed by atoms with van der Waals surface area (Å²) in [6.07, 6.45) is -3.32. The Labute approximate surface area is 104 Å². The standard InChI is InChI=1S/C13H16F3NO/c1-8(2)7-18-12-6-17-11(9(3)4)5-10(12)13(14,15)16/h5-6,9H,1,7H2,2-4H3. The van der Waals surface area contributed by atoms with Crippen molar-refractivity contribution >= 4 is 0 Å². The van der Waals surface area contributed by atoms with Crippen molar-refractivity contribution in [2.45, 2.75) is 32.9 Å². The maximum Gasteiger partial charge on any atom is 0.420 e. The van der Waals surface area contributed by atoms with Gasteiger partial charge in [-0.2, -0.15) is 13.2 Å². The second-order valence-electron chi connectivity index (χ2n) is 4.50. The molecule has 0 saturated carbocycles. The number of halogens is 3. The molecule has 0 aromatic carbocycles. The fourth-order valence-corrected chi connectivity index (χ4v) is 1.31. The molecule has 1 rings (SSSR count). The van der Waals surface area contributed by atoms with E-state index in [2.05, 4.69) is 11.6 Å². The first kappa shape index (κ1) is 14.5. The van der Waals surface area contributed by atoms with Gasteiger partial charge in [0.1, 0.15) is 17.9 Å². The molecule has 0 aliphatic rings. The Morgan fingerprint density at radius 2 is 2.06 bits per heavy atom. The lowest BCUT2D eigenvalue weighted by atomic mass is 10.1. The van der Waals surface area contributed by atoms with Crippen LogP contribution < -0.4 is 4.74 Å². The van der Waals surface area contributed by atoms with Gasteiger partial charge in [0.05, 0.1) is 6.20 Å². The highest BCUT2D eigenvalue weighted by molar-refractivity contribution is 5.36. The van der Waals surface area contributed by atoms with Crippen LogP contribution in [0.1, 0.15) is 37.9 Å². The van der Waals surface area contributed by atoms with Crippen LogP contribution >= 0.6 is 0 Å². The summed E-state index contributed by atoms with van der Waals surface area (Å²) in [5.41, 5.74) is 0.253. The molecule has 0 saturated heterocycles. The van der Waals surface area contributed by atoms with Gasteiger partial charge >= 0.3 is 6.18 Å². The zero-order valence-electron chi connectivity index (χ0n) is 10.6. The van der Waals surface area contributed by atoms with Crippen LogP contribution in [0.5, 0.6) is 5.75 Å². The lowest BCUT2D eigenvalue weighted by Gasteiger charge is -2.15. The normalized spacial score (nSPS) is 11.7. The van der Waals surface area contributed by atoms with Gasteiger partial charge in [-0.1, -0.05) is 20.4 Å². The molecule has 0 aliphatic carbocycles. The van der Waals surface area contributed by atoms with Crippen molar-refractivity contribution in [3.8, 4) is 5.75 Å². The third kappa shape index (κ3) is 3.75. The molecule has 0 atom stereocenters. The van der Waals surface area contributed by atoms with Crippen LogP contribution in [-0.2, 0) is 6.18 Å². The summed E-state index contributed by atoms with van der Waals surface area (Å²) >= 11 is 0. The van der Waals surface area contributed by atoms with Crippen molar-refractivity contribution in [3.05, 3.63) is 35.7 Å². The van der Waals surface area contributed by atoms with Crippen molar-refractivity contribution in [1.82, 2.24) is 4.98 Å². The Kier molecular flexibility index (Phi) is 4.38. The monoisotopic (exact) mass is 259 g/mol. The van der Waals surface area contributed by atoms with Crippen molar-refractivity contribution < 1.29 is 17.9 Å². The molecule has 1 heterocycles. The first-order valence-electron chi connectivity index (χ1n) is 5.56. The van der Waals surface area contributed by atoms with Crippen molar-refractivity contribution in [2.75, 3.05) is 6.61 Å². The Bertz CT molecular complexity index is 438. The molecule has 5 heteroatoms. The molecular weight excluding hydrogens is 243 g/mol. The van der Waals surface area contributed by atoms with E-state index < -0.39 is 11.7 Å². The Balaban J connectivity index is 3.13. The van der Waals surface area contributed by atoms with Crippen LogP contribution in [0.2, 0.25) is 0 Å². The molecule has 0 spiro atoms. The minimum Gasteiger partial charge on any atom is -0.487 e. The number of hydrogen-bond acceptors (Lipinski definition) is 2.